The fourth-order valence-corrected chi connectivity index (χ4v) is 3.13. The lowest BCUT2D eigenvalue weighted by Crippen LogP contribution is -2.40. The minimum absolute atomic E-state index is 0.124. The molecular formula is C19H23BrN4O3. The average Bonchev–Trinajstić information content (AvgIpc) is 2.97. The third kappa shape index (κ3) is 5.09. The van der Waals surface area contributed by atoms with Gasteiger partial charge in [0.05, 0.1) is 18.7 Å². The zero-order chi connectivity index (χ0) is 19.6. The number of H-pyrrole nitrogens is 1. The van der Waals surface area contributed by atoms with Crippen LogP contribution in [-0.4, -0.2) is 39.2 Å². The van der Waals surface area contributed by atoms with E-state index in [2.05, 4.69) is 31.4 Å². The highest BCUT2D eigenvalue weighted by Gasteiger charge is 2.28. The second kappa shape index (κ2) is 7.72. The van der Waals surface area contributed by atoms with Gasteiger partial charge in [0.1, 0.15) is 5.60 Å². The SMILES string of the molecule is CC(C)(C)OC(=O)N1CCc2c(NC(=O)Cc3ccc(Br)cc3)n[nH]c2C1. The summed E-state index contributed by atoms with van der Waals surface area (Å²) in [6.45, 7) is 6.44. The topological polar surface area (TPSA) is 87.3 Å². The van der Waals surface area contributed by atoms with Gasteiger partial charge in [0.25, 0.3) is 0 Å². The van der Waals surface area contributed by atoms with Crippen LogP contribution in [0, 0.1) is 0 Å². The lowest BCUT2D eigenvalue weighted by Gasteiger charge is -2.29. The van der Waals surface area contributed by atoms with Crippen molar-refractivity contribution in [2.75, 3.05) is 11.9 Å². The van der Waals surface area contributed by atoms with Crippen LogP contribution in [0.1, 0.15) is 37.6 Å². The summed E-state index contributed by atoms with van der Waals surface area (Å²) in [7, 11) is 0. The Balaban J connectivity index is 1.61. The van der Waals surface area contributed by atoms with Crippen molar-refractivity contribution in [2.45, 2.75) is 45.8 Å². The molecule has 0 aliphatic carbocycles. The Morgan fingerprint density at radius 2 is 2.00 bits per heavy atom. The van der Waals surface area contributed by atoms with E-state index in [9.17, 15) is 9.59 Å². The van der Waals surface area contributed by atoms with Gasteiger partial charge in [-0.25, -0.2) is 4.79 Å². The molecule has 27 heavy (non-hydrogen) atoms. The Morgan fingerprint density at radius 3 is 2.67 bits per heavy atom. The molecule has 2 heterocycles. The number of halogens is 1. The molecular weight excluding hydrogens is 412 g/mol. The molecule has 0 radical (unpaired) electrons. The Bertz CT molecular complexity index is 840. The third-order valence-corrected chi connectivity index (χ3v) is 4.65. The van der Waals surface area contributed by atoms with Crippen LogP contribution in [0.4, 0.5) is 10.6 Å². The van der Waals surface area contributed by atoms with Gasteiger partial charge in [0.2, 0.25) is 5.91 Å². The first-order chi connectivity index (χ1) is 12.7. The van der Waals surface area contributed by atoms with Gasteiger partial charge in [0, 0.05) is 16.6 Å². The molecule has 1 aromatic carbocycles. The first-order valence-electron chi connectivity index (χ1n) is 8.79. The maximum Gasteiger partial charge on any atom is 0.410 e. The van der Waals surface area contributed by atoms with Gasteiger partial charge >= 0.3 is 6.09 Å². The molecule has 0 saturated heterocycles. The molecule has 2 aromatic rings. The smallest absolute Gasteiger partial charge is 0.410 e. The number of aromatic amines is 1. The van der Waals surface area contributed by atoms with Crippen molar-refractivity contribution in [3.05, 3.63) is 45.6 Å². The standard InChI is InChI=1S/C19H23BrN4O3/c1-19(2,3)27-18(26)24-9-8-14-15(11-24)22-23-17(14)21-16(25)10-12-4-6-13(20)7-5-12/h4-7H,8-11H2,1-3H3,(H2,21,22,23,25). The number of anilines is 1. The lowest BCUT2D eigenvalue weighted by molar-refractivity contribution is -0.115. The molecule has 8 heteroatoms. The zero-order valence-electron chi connectivity index (χ0n) is 15.6. The molecule has 2 amide bonds. The number of fused-ring (bicyclic) bond motifs is 1. The van der Waals surface area contributed by atoms with Crippen molar-refractivity contribution in [2.24, 2.45) is 0 Å². The van der Waals surface area contributed by atoms with E-state index in [0.717, 1.165) is 21.3 Å². The summed E-state index contributed by atoms with van der Waals surface area (Å²) in [4.78, 5) is 26.2. The van der Waals surface area contributed by atoms with Crippen molar-refractivity contribution in [1.29, 1.82) is 0 Å². The fraction of sp³-hybridized carbons (Fsp3) is 0.421. The highest BCUT2D eigenvalue weighted by atomic mass is 79.9. The van der Waals surface area contributed by atoms with Crippen LogP contribution in [0.2, 0.25) is 0 Å². The van der Waals surface area contributed by atoms with Crippen molar-refractivity contribution in [3.63, 3.8) is 0 Å². The van der Waals surface area contributed by atoms with E-state index in [1.165, 1.54) is 0 Å². The summed E-state index contributed by atoms with van der Waals surface area (Å²) in [5.41, 5.74) is 2.17. The summed E-state index contributed by atoms with van der Waals surface area (Å²) in [5, 5.41) is 10.0. The molecule has 0 saturated carbocycles. The predicted octanol–water partition coefficient (Wildman–Crippen LogP) is 3.65. The number of carbonyl (C=O) groups is 2. The van der Waals surface area contributed by atoms with E-state index < -0.39 is 5.60 Å². The fourth-order valence-electron chi connectivity index (χ4n) is 2.87. The van der Waals surface area contributed by atoms with Gasteiger partial charge in [-0.15, -0.1) is 0 Å². The molecule has 7 nitrogen and oxygen atoms in total. The van der Waals surface area contributed by atoms with Gasteiger partial charge < -0.3 is 15.0 Å². The molecule has 1 aliphatic heterocycles. The maximum atomic E-state index is 12.3. The Labute approximate surface area is 166 Å². The zero-order valence-corrected chi connectivity index (χ0v) is 17.2. The first-order valence-corrected chi connectivity index (χ1v) is 9.59. The van der Waals surface area contributed by atoms with Gasteiger partial charge in [0.15, 0.2) is 5.82 Å². The molecule has 3 rings (SSSR count). The number of nitrogens with one attached hydrogen (secondary N) is 2. The van der Waals surface area contributed by atoms with Crippen LogP contribution in [0.5, 0.6) is 0 Å². The number of benzene rings is 1. The van der Waals surface area contributed by atoms with Crippen LogP contribution in [-0.2, 0) is 28.9 Å². The molecule has 0 unspecified atom stereocenters. The largest absolute Gasteiger partial charge is 0.444 e. The second-order valence-corrected chi connectivity index (χ2v) is 8.45. The second-order valence-electron chi connectivity index (χ2n) is 7.53. The van der Waals surface area contributed by atoms with Crippen molar-refractivity contribution in [3.8, 4) is 0 Å². The number of carbonyl (C=O) groups excluding carboxylic acids is 2. The van der Waals surface area contributed by atoms with E-state index in [1.807, 2.05) is 45.0 Å². The molecule has 144 valence electrons. The summed E-state index contributed by atoms with van der Waals surface area (Å²) < 4.78 is 6.39. The minimum atomic E-state index is -0.530. The van der Waals surface area contributed by atoms with Crippen molar-refractivity contribution >= 4 is 33.7 Å². The molecule has 2 N–H and O–H groups in total. The van der Waals surface area contributed by atoms with Crippen LogP contribution in [0.15, 0.2) is 28.7 Å². The Hall–Kier alpha value is -2.35. The molecule has 1 aromatic heterocycles. The summed E-state index contributed by atoms with van der Waals surface area (Å²) in [6, 6.07) is 7.62. The van der Waals surface area contributed by atoms with Gasteiger partial charge in [-0.05, 0) is 44.9 Å². The summed E-state index contributed by atoms with van der Waals surface area (Å²) in [5.74, 6) is 0.414. The highest BCUT2D eigenvalue weighted by molar-refractivity contribution is 9.10. The molecule has 1 aliphatic rings. The summed E-state index contributed by atoms with van der Waals surface area (Å²) >= 11 is 3.38. The molecule has 0 atom stereocenters. The van der Waals surface area contributed by atoms with Gasteiger partial charge in [-0.1, -0.05) is 28.1 Å². The molecule has 0 fully saturated rings. The van der Waals surface area contributed by atoms with E-state index in [4.69, 9.17) is 4.74 Å². The van der Waals surface area contributed by atoms with E-state index in [-0.39, 0.29) is 18.4 Å². The lowest BCUT2D eigenvalue weighted by atomic mass is 10.1. The number of rotatable bonds is 3. The first kappa shape index (κ1) is 19.4. The average molecular weight is 435 g/mol. The van der Waals surface area contributed by atoms with E-state index >= 15 is 0 Å². The molecule has 0 spiro atoms. The maximum absolute atomic E-state index is 12.3. The van der Waals surface area contributed by atoms with Crippen molar-refractivity contribution < 1.29 is 14.3 Å². The van der Waals surface area contributed by atoms with E-state index in [0.29, 0.717) is 25.3 Å². The summed E-state index contributed by atoms with van der Waals surface area (Å²) in [6.07, 6.45) is 0.543. The van der Waals surface area contributed by atoms with Crippen LogP contribution in [0.25, 0.3) is 0 Å². The van der Waals surface area contributed by atoms with Gasteiger partial charge in [-0.2, -0.15) is 5.10 Å². The van der Waals surface area contributed by atoms with E-state index in [1.54, 1.807) is 4.90 Å². The minimum Gasteiger partial charge on any atom is -0.444 e. The molecule has 0 bridgehead atoms. The number of nitrogens with zero attached hydrogens (tertiary/aromatic N) is 2. The Kier molecular flexibility index (Phi) is 5.55. The monoisotopic (exact) mass is 434 g/mol. The number of amides is 2. The van der Waals surface area contributed by atoms with Crippen LogP contribution in [0.3, 0.4) is 0 Å². The predicted molar refractivity (Wildman–Crippen MR) is 105 cm³/mol. The third-order valence-electron chi connectivity index (χ3n) is 4.12. The number of ether oxygens (including phenoxy) is 1. The quantitative estimate of drug-likeness (QED) is 0.771. The number of hydrogen-bond donors (Lipinski definition) is 2. The highest BCUT2D eigenvalue weighted by Crippen LogP contribution is 2.25. The van der Waals surface area contributed by atoms with Gasteiger partial charge in [-0.3, -0.25) is 9.89 Å². The normalized spacial score (nSPS) is 13.9. The number of hydrogen-bond acceptors (Lipinski definition) is 4. The Morgan fingerprint density at radius 1 is 1.30 bits per heavy atom. The van der Waals surface area contributed by atoms with Crippen molar-refractivity contribution in [1.82, 2.24) is 15.1 Å². The number of aromatic nitrogens is 2. The van der Waals surface area contributed by atoms with Crippen LogP contribution >= 0.6 is 15.9 Å². The van der Waals surface area contributed by atoms with Crippen LogP contribution < -0.4 is 5.32 Å².